The summed E-state index contributed by atoms with van der Waals surface area (Å²) in [5.41, 5.74) is 5.38. The molecular formula is C21H16N6OS. The van der Waals surface area contributed by atoms with Gasteiger partial charge in [-0.1, -0.05) is 12.1 Å². The molecule has 0 aliphatic rings. The molecule has 2 N–H and O–H groups in total. The first-order valence-electron chi connectivity index (χ1n) is 8.90. The second kappa shape index (κ2) is 7.33. The van der Waals surface area contributed by atoms with Gasteiger partial charge in [-0.3, -0.25) is 10.1 Å². The Morgan fingerprint density at radius 2 is 2.03 bits per heavy atom. The van der Waals surface area contributed by atoms with Crippen molar-refractivity contribution < 1.29 is 4.74 Å². The first-order chi connectivity index (χ1) is 14.3. The van der Waals surface area contributed by atoms with Gasteiger partial charge < -0.3 is 10.1 Å². The summed E-state index contributed by atoms with van der Waals surface area (Å²) < 4.78 is 5.56. The number of anilines is 2. The van der Waals surface area contributed by atoms with Crippen LogP contribution in [0.3, 0.4) is 0 Å². The van der Waals surface area contributed by atoms with Crippen LogP contribution in [0.5, 0.6) is 5.75 Å². The number of nitrogens with zero attached hydrogens (tertiary/aromatic N) is 4. The van der Waals surface area contributed by atoms with Gasteiger partial charge in [0.05, 0.1) is 23.9 Å². The molecule has 0 unspecified atom stereocenters. The molecule has 4 aromatic heterocycles. The normalized spacial score (nSPS) is 10.9. The molecule has 7 nitrogen and oxygen atoms in total. The number of hydrogen-bond acceptors (Lipinski definition) is 7. The molecule has 0 spiro atoms. The van der Waals surface area contributed by atoms with Crippen LogP contribution in [0, 0.1) is 0 Å². The third-order valence-corrected chi connectivity index (χ3v) is 5.29. The van der Waals surface area contributed by atoms with E-state index in [2.05, 4.69) is 35.8 Å². The van der Waals surface area contributed by atoms with Crippen LogP contribution in [0.15, 0.2) is 65.9 Å². The standard InChI is InChI=1S/C21H16N6OS/c1-28-17-5-4-13(14-3-2-7-22-10-14)9-16(17)25-20-18-19(15-6-8-29-11-15)26-27-21(18)24-12-23-20/h2-12H,1H3,(H2,23,24,25,26,27). The number of hydrogen-bond donors (Lipinski definition) is 2. The van der Waals surface area contributed by atoms with Crippen molar-refractivity contribution in [2.45, 2.75) is 0 Å². The second-order valence-corrected chi connectivity index (χ2v) is 7.09. The van der Waals surface area contributed by atoms with E-state index in [0.717, 1.165) is 33.5 Å². The number of methoxy groups -OCH3 is 1. The van der Waals surface area contributed by atoms with E-state index in [9.17, 15) is 0 Å². The zero-order chi connectivity index (χ0) is 19.6. The molecule has 0 bridgehead atoms. The third-order valence-electron chi connectivity index (χ3n) is 4.61. The van der Waals surface area contributed by atoms with Crippen molar-refractivity contribution in [3.63, 3.8) is 0 Å². The van der Waals surface area contributed by atoms with Gasteiger partial charge in [-0.05, 0) is 35.2 Å². The molecule has 0 amide bonds. The molecule has 5 aromatic rings. The van der Waals surface area contributed by atoms with Gasteiger partial charge in [-0.15, -0.1) is 0 Å². The van der Waals surface area contributed by atoms with E-state index in [0.29, 0.717) is 17.2 Å². The lowest BCUT2D eigenvalue weighted by Gasteiger charge is -2.13. The van der Waals surface area contributed by atoms with E-state index >= 15 is 0 Å². The predicted octanol–water partition coefficient (Wildman–Crippen LogP) is 4.90. The fraction of sp³-hybridized carbons (Fsp3) is 0.0476. The zero-order valence-corrected chi connectivity index (χ0v) is 16.3. The summed E-state index contributed by atoms with van der Waals surface area (Å²) in [6.07, 6.45) is 5.09. The maximum Gasteiger partial charge on any atom is 0.186 e. The predicted molar refractivity (Wildman–Crippen MR) is 115 cm³/mol. The lowest BCUT2D eigenvalue weighted by atomic mass is 10.1. The van der Waals surface area contributed by atoms with E-state index in [4.69, 9.17) is 4.74 Å². The fourth-order valence-electron chi connectivity index (χ4n) is 3.21. The van der Waals surface area contributed by atoms with Crippen molar-refractivity contribution in [3.05, 3.63) is 65.9 Å². The number of rotatable bonds is 5. The van der Waals surface area contributed by atoms with Crippen LogP contribution in [0.2, 0.25) is 0 Å². The highest BCUT2D eigenvalue weighted by atomic mass is 32.1. The Kier molecular flexibility index (Phi) is 4.38. The summed E-state index contributed by atoms with van der Waals surface area (Å²) in [6.45, 7) is 0. The largest absolute Gasteiger partial charge is 0.495 e. The monoisotopic (exact) mass is 400 g/mol. The van der Waals surface area contributed by atoms with Crippen LogP contribution < -0.4 is 10.1 Å². The molecule has 0 saturated carbocycles. The van der Waals surface area contributed by atoms with Gasteiger partial charge in [0, 0.05) is 28.9 Å². The minimum absolute atomic E-state index is 0.603. The molecule has 142 valence electrons. The molecule has 0 radical (unpaired) electrons. The van der Waals surface area contributed by atoms with E-state index < -0.39 is 0 Å². The number of H-pyrrole nitrogens is 1. The van der Waals surface area contributed by atoms with E-state index in [1.807, 2.05) is 48.0 Å². The van der Waals surface area contributed by atoms with Crippen molar-refractivity contribution in [2.75, 3.05) is 12.4 Å². The van der Waals surface area contributed by atoms with Gasteiger partial charge >= 0.3 is 0 Å². The third kappa shape index (κ3) is 3.19. The van der Waals surface area contributed by atoms with Crippen molar-refractivity contribution in [1.82, 2.24) is 25.1 Å². The molecule has 0 aliphatic heterocycles. The maximum atomic E-state index is 5.56. The van der Waals surface area contributed by atoms with Crippen LogP contribution in [0.4, 0.5) is 11.5 Å². The summed E-state index contributed by atoms with van der Waals surface area (Å²) in [5.74, 6) is 1.37. The van der Waals surface area contributed by atoms with Crippen LogP contribution in [-0.2, 0) is 0 Å². The summed E-state index contributed by atoms with van der Waals surface area (Å²) in [5, 5.41) is 15.8. The summed E-state index contributed by atoms with van der Waals surface area (Å²) in [4.78, 5) is 13.0. The van der Waals surface area contributed by atoms with Gasteiger partial charge in [0.1, 0.15) is 17.9 Å². The zero-order valence-electron chi connectivity index (χ0n) is 15.5. The Balaban J connectivity index is 1.62. The van der Waals surface area contributed by atoms with E-state index in [1.54, 1.807) is 24.6 Å². The van der Waals surface area contributed by atoms with Crippen molar-refractivity contribution in [1.29, 1.82) is 0 Å². The maximum absolute atomic E-state index is 5.56. The van der Waals surface area contributed by atoms with E-state index in [1.165, 1.54) is 6.33 Å². The second-order valence-electron chi connectivity index (χ2n) is 6.31. The number of pyridine rings is 1. The number of aromatic amines is 1. The highest BCUT2D eigenvalue weighted by Gasteiger charge is 2.16. The lowest BCUT2D eigenvalue weighted by Crippen LogP contribution is -1.99. The molecule has 8 heteroatoms. The minimum Gasteiger partial charge on any atom is -0.495 e. The molecule has 0 saturated heterocycles. The fourth-order valence-corrected chi connectivity index (χ4v) is 3.86. The van der Waals surface area contributed by atoms with Crippen molar-refractivity contribution in [2.24, 2.45) is 0 Å². The minimum atomic E-state index is 0.603. The molecule has 5 rings (SSSR count). The number of fused-ring (bicyclic) bond motifs is 1. The molecular weight excluding hydrogens is 384 g/mol. The Labute approximate surface area is 170 Å². The average molecular weight is 400 g/mol. The van der Waals surface area contributed by atoms with Gasteiger partial charge in [0.25, 0.3) is 0 Å². The van der Waals surface area contributed by atoms with Crippen molar-refractivity contribution in [3.8, 4) is 28.1 Å². The number of ether oxygens (including phenoxy) is 1. The number of thiophene rings is 1. The number of aromatic nitrogens is 5. The van der Waals surface area contributed by atoms with Crippen LogP contribution >= 0.6 is 11.3 Å². The molecule has 29 heavy (non-hydrogen) atoms. The van der Waals surface area contributed by atoms with Gasteiger partial charge in [0.15, 0.2) is 5.65 Å². The Bertz CT molecular complexity index is 1270. The smallest absolute Gasteiger partial charge is 0.186 e. The van der Waals surface area contributed by atoms with Crippen LogP contribution in [0.25, 0.3) is 33.4 Å². The highest BCUT2D eigenvalue weighted by molar-refractivity contribution is 7.08. The van der Waals surface area contributed by atoms with Crippen LogP contribution in [-0.4, -0.2) is 32.3 Å². The van der Waals surface area contributed by atoms with Crippen LogP contribution in [0.1, 0.15) is 0 Å². The average Bonchev–Trinajstić information content (AvgIpc) is 3.44. The first-order valence-corrected chi connectivity index (χ1v) is 9.85. The Hall–Kier alpha value is -3.78. The molecule has 0 atom stereocenters. The molecule has 4 heterocycles. The quantitative estimate of drug-likeness (QED) is 0.436. The molecule has 1 aromatic carbocycles. The van der Waals surface area contributed by atoms with E-state index in [-0.39, 0.29) is 0 Å². The summed E-state index contributed by atoms with van der Waals surface area (Å²) in [6, 6.07) is 11.9. The summed E-state index contributed by atoms with van der Waals surface area (Å²) in [7, 11) is 1.65. The number of nitrogens with one attached hydrogen (secondary N) is 2. The topological polar surface area (TPSA) is 88.6 Å². The lowest BCUT2D eigenvalue weighted by molar-refractivity contribution is 0.417. The Morgan fingerprint density at radius 3 is 2.83 bits per heavy atom. The highest BCUT2D eigenvalue weighted by Crippen LogP contribution is 2.36. The van der Waals surface area contributed by atoms with Crippen molar-refractivity contribution >= 4 is 33.9 Å². The number of benzene rings is 1. The first kappa shape index (κ1) is 17.3. The van der Waals surface area contributed by atoms with Gasteiger partial charge in [0.2, 0.25) is 0 Å². The van der Waals surface area contributed by atoms with Gasteiger partial charge in [-0.2, -0.15) is 16.4 Å². The molecule has 0 aliphatic carbocycles. The molecule has 0 fully saturated rings. The summed E-state index contributed by atoms with van der Waals surface area (Å²) >= 11 is 1.63. The van der Waals surface area contributed by atoms with Gasteiger partial charge in [-0.25, -0.2) is 9.97 Å². The SMILES string of the molecule is COc1ccc(-c2cccnc2)cc1Nc1ncnc2n[nH]c(-c3ccsc3)c12. The Morgan fingerprint density at radius 1 is 1.07 bits per heavy atom.